The summed E-state index contributed by atoms with van der Waals surface area (Å²) in [6.45, 7) is 0. The molecule has 0 spiro atoms. The third-order valence-corrected chi connectivity index (χ3v) is 1.77. The Hall–Kier alpha value is 0.660. The lowest BCUT2D eigenvalue weighted by atomic mass is 10.4. The highest BCUT2D eigenvalue weighted by Gasteiger charge is 2.35. The summed E-state index contributed by atoms with van der Waals surface area (Å²) in [6.07, 6.45) is 0.807. The van der Waals surface area contributed by atoms with Crippen molar-refractivity contribution in [2.45, 2.75) is 12.2 Å². The highest BCUT2D eigenvalue weighted by molar-refractivity contribution is 7.80. The first-order valence-electron chi connectivity index (χ1n) is 2.25. The predicted octanol–water partition coefficient (Wildman–Crippen LogP) is 0.613. The highest BCUT2D eigenvalue weighted by atomic mass is 32.1. The lowest BCUT2D eigenvalue weighted by Crippen LogP contribution is -1.94. The molecule has 0 N–H and O–H groups in total. The fourth-order valence-corrected chi connectivity index (χ4v) is 1.14. The minimum atomic E-state index is 0.404. The van der Waals surface area contributed by atoms with Gasteiger partial charge in [0, 0.05) is 11.5 Å². The molecule has 1 fully saturated rings. The van der Waals surface area contributed by atoms with Gasteiger partial charge in [-0.2, -0.15) is 25.3 Å². The van der Waals surface area contributed by atoms with Gasteiger partial charge >= 0.3 is 0 Å². The summed E-state index contributed by atoms with van der Waals surface area (Å²) in [5.74, 6) is 1.68. The Balaban J connectivity index is 2.06. The zero-order chi connectivity index (χ0) is 5.28. The van der Waals surface area contributed by atoms with Crippen molar-refractivity contribution in [3.63, 3.8) is 0 Å². The lowest BCUT2D eigenvalue weighted by Gasteiger charge is -1.77. The minimum Gasteiger partial charge on any atom is -0.368 e. The van der Waals surface area contributed by atoms with Crippen LogP contribution in [0.15, 0.2) is 0 Å². The molecule has 1 saturated heterocycles. The number of rotatable bonds is 2. The van der Waals surface area contributed by atoms with Crippen molar-refractivity contribution in [1.29, 1.82) is 0 Å². The summed E-state index contributed by atoms with van der Waals surface area (Å²) in [6, 6.07) is 0. The second-order valence-electron chi connectivity index (χ2n) is 1.58. The number of thiol groups is 2. The van der Waals surface area contributed by atoms with Crippen LogP contribution < -0.4 is 0 Å². The first-order chi connectivity index (χ1) is 3.38. The normalized spacial score (nSPS) is 38.6. The molecule has 1 aliphatic rings. The van der Waals surface area contributed by atoms with Crippen molar-refractivity contribution in [3.05, 3.63) is 0 Å². The Morgan fingerprint density at radius 2 is 1.57 bits per heavy atom. The van der Waals surface area contributed by atoms with E-state index in [2.05, 4.69) is 25.3 Å². The summed E-state index contributed by atoms with van der Waals surface area (Å²) in [7, 11) is 0. The molecule has 0 saturated carbocycles. The molecule has 1 heterocycles. The maximum Gasteiger partial charge on any atom is 0.0937 e. The summed E-state index contributed by atoms with van der Waals surface area (Å²) in [4.78, 5) is 0. The van der Waals surface area contributed by atoms with Crippen LogP contribution in [0, 0.1) is 0 Å². The van der Waals surface area contributed by atoms with E-state index in [0.717, 1.165) is 11.5 Å². The van der Waals surface area contributed by atoms with E-state index in [-0.39, 0.29) is 0 Å². The van der Waals surface area contributed by atoms with Gasteiger partial charge in [-0.3, -0.25) is 0 Å². The van der Waals surface area contributed by atoms with Gasteiger partial charge in [0.05, 0.1) is 12.2 Å². The minimum absolute atomic E-state index is 0.404. The SMILES string of the molecule is SCC1OC1CS. The Bertz CT molecular complexity index is 58.7. The Kier molecular flexibility index (Phi) is 1.89. The van der Waals surface area contributed by atoms with Gasteiger partial charge in [0.25, 0.3) is 0 Å². The van der Waals surface area contributed by atoms with Crippen LogP contribution in [0.5, 0.6) is 0 Å². The summed E-state index contributed by atoms with van der Waals surface area (Å²) in [5, 5.41) is 0. The van der Waals surface area contributed by atoms with E-state index in [1.807, 2.05) is 0 Å². The molecule has 0 amide bonds. The monoisotopic (exact) mass is 136 g/mol. The Morgan fingerprint density at radius 3 is 1.71 bits per heavy atom. The molecule has 42 valence electrons. The Morgan fingerprint density at radius 1 is 1.14 bits per heavy atom. The van der Waals surface area contributed by atoms with Crippen LogP contribution >= 0.6 is 25.3 Å². The Labute approximate surface area is 54.3 Å². The average Bonchev–Trinajstić information content (AvgIpc) is 2.43. The van der Waals surface area contributed by atoms with E-state index in [4.69, 9.17) is 4.74 Å². The molecule has 3 heteroatoms. The first-order valence-corrected chi connectivity index (χ1v) is 3.52. The molecule has 0 aromatic heterocycles. The maximum atomic E-state index is 5.06. The molecule has 2 atom stereocenters. The molecule has 0 bridgehead atoms. The van der Waals surface area contributed by atoms with E-state index < -0.39 is 0 Å². The van der Waals surface area contributed by atoms with Crippen molar-refractivity contribution in [2.75, 3.05) is 11.5 Å². The van der Waals surface area contributed by atoms with Crippen LogP contribution in [0.2, 0.25) is 0 Å². The van der Waals surface area contributed by atoms with E-state index in [9.17, 15) is 0 Å². The fourth-order valence-electron chi connectivity index (χ4n) is 0.500. The molecule has 0 aromatic carbocycles. The van der Waals surface area contributed by atoms with Gasteiger partial charge < -0.3 is 4.74 Å². The standard InChI is InChI=1S/C4H8OS2/c6-1-3-4(2-7)5-3/h3-4,6-7H,1-2H2. The summed E-state index contributed by atoms with van der Waals surface area (Å²) in [5.41, 5.74) is 0. The quantitative estimate of drug-likeness (QED) is 0.419. The molecule has 0 aliphatic carbocycles. The van der Waals surface area contributed by atoms with Crippen LogP contribution in [0.4, 0.5) is 0 Å². The second-order valence-corrected chi connectivity index (χ2v) is 2.31. The largest absolute Gasteiger partial charge is 0.368 e. The average molecular weight is 136 g/mol. The predicted molar refractivity (Wildman–Crippen MR) is 36.4 cm³/mol. The van der Waals surface area contributed by atoms with Crippen molar-refractivity contribution in [3.8, 4) is 0 Å². The number of epoxide rings is 1. The molecule has 0 radical (unpaired) electrons. The maximum absolute atomic E-state index is 5.06. The summed E-state index contributed by atoms with van der Waals surface area (Å²) >= 11 is 8.06. The topological polar surface area (TPSA) is 12.5 Å². The number of ether oxygens (including phenoxy) is 1. The zero-order valence-electron chi connectivity index (χ0n) is 3.87. The van der Waals surface area contributed by atoms with Gasteiger partial charge in [-0.25, -0.2) is 0 Å². The molecule has 2 unspecified atom stereocenters. The second kappa shape index (κ2) is 2.29. The third kappa shape index (κ3) is 1.27. The van der Waals surface area contributed by atoms with Crippen LogP contribution in [-0.2, 0) is 4.74 Å². The smallest absolute Gasteiger partial charge is 0.0937 e. The van der Waals surface area contributed by atoms with Gasteiger partial charge in [0.15, 0.2) is 0 Å². The molecule has 1 rings (SSSR count). The van der Waals surface area contributed by atoms with Gasteiger partial charge in [-0.1, -0.05) is 0 Å². The van der Waals surface area contributed by atoms with E-state index in [1.165, 1.54) is 0 Å². The lowest BCUT2D eigenvalue weighted by molar-refractivity contribution is 0.393. The van der Waals surface area contributed by atoms with Crippen LogP contribution in [-0.4, -0.2) is 23.7 Å². The van der Waals surface area contributed by atoms with Crippen LogP contribution in [0.3, 0.4) is 0 Å². The molecule has 1 aliphatic heterocycles. The van der Waals surface area contributed by atoms with Gasteiger partial charge in [0.2, 0.25) is 0 Å². The van der Waals surface area contributed by atoms with Crippen molar-refractivity contribution in [1.82, 2.24) is 0 Å². The molecule has 0 aromatic rings. The fraction of sp³-hybridized carbons (Fsp3) is 1.00. The zero-order valence-corrected chi connectivity index (χ0v) is 5.66. The van der Waals surface area contributed by atoms with Crippen LogP contribution in [0.1, 0.15) is 0 Å². The van der Waals surface area contributed by atoms with Gasteiger partial charge in [-0.15, -0.1) is 0 Å². The number of hydrogen-bond donors (Lipinski definition) is 2. The molecular formula is C4H8OS2. The first kappa shape index (κ1) is 5.79. The van der Waals surface area contributed by atoms with Gasteiger partial charge in [0.1, 0.15) is 0 Å². The van der Waals surface area contributed by atoms with E-state index in [0.29, 0.717) is 12.2 Å². The summed E-state index contributed by atoms with van der Waals surface area (Å²) < 4.78 is 5.06. The van der Waals surface area contributed by atoms with E-state index in [1.54, 1.807) is 0 Å². The third-order valence-electron chi connectivity index (χ3n) is 1.05. The molecular weight excluding hydrogens is 128 g/mol. The number of hydrogen-bond acceptors (Lipinski definition) is 3. The van der Waals surface area contributed by atoms with Crippen molar-refractivity contribution in [2.24, 2.45) is 0 Å². The molecule has 7 heavy (non-hydrogen) atoms. The molecule has 1 nitrogen and oxygen atoms in total. The van der Waals surface area contributed by atoms with E-state index >= 15 is 0 Å². The van der Waals surface area contributed by atoms with Gasteiger partial charge in [-0.05, 0) is 0 Å². The van der Waals surface area contributed by atoms with Crippen LogP contribution in [0.25, 0.3) is 0 Å². The highest BCUT2D eigenvalue weighted by Crippen LogP contribution is 2.23. The van der Waals surface area contributed by atoms with Crippen molar-refractivity contribution < 1.29 is 4.74 Å². The van der Waals surface area contributed by atoms with Crippen molar-refractivity contribution >= 4 is 25.3 Å².